The van der Waals surface area contributed by atoms with Gasteiger partial charge in [0.15, 0.2) is 11.7 Å². The molecule has 110 valence electrons. The minimum atomic E-state index is -0.227. The lowest BCUT2D eigenvalue weighted by Gasteiger charge is -2.34. The highest BCUT2D eigenvalue weighted by Gasteiger charge is 2.23. The minimum Gasteiger partial charge on any atom is -0.302 e. The summed E-state index contributed by atoms with van der Waals surface area (Å²) in [5.74, 6) is 1.07. The van der Waals surface area contributed by atoms with Crippen LogP contribution < -0.4 is 5.43 Å². The fourth-order valence-corrected chi connectivity index (χ4v) is 2.32. The molecule has 1 aromatic heterocycles. The van der Waals surface area contributed by atoms with Crippen molar-refractivity contribution < 1.29 is 4.39 Å². The van der Waals surface area contributed by atoms with Gasteiger partial charge in [-0.15, -0.1) is 0 Å². The highest BCUT2D eigenvalue weighted by atomic mass is 19.1. The number of halogens is 1. The number of H-pyrrole nitrogens is 1. The molecule has 2 heterocycles. The van der Waals surface area contributed by atoms with Crippen LogP contribution in [0.4, 0.5) is 10.2 Å². The van der Waals surface area contributed by atoms with Crippen LogP contribution in [0.5, 0.6) is 0 Å². The van der Waals surface area contributed by atoms with Crippen molar-refractivity contribution in [2.75, 3.05) is 0 Å². The Labute approximate surface area is 122 Å². The van der Waals surface area contributed by atoms with E-state index in [-0.39, 0.29) is 11.9 Å². The molecule has 2 N–H and O–H groups in total. The van der Waals surface area contributed by atoms with Gasteiger partial charge in [0, 0.05) is 29.9 Å². The number of nitrogens with zero attached hydrogens (tertiary/aromatic N) is 3. The molecule has 0 saturated carbocycles. The summed E-state index contributed by atoms with van der Waals surface area (Å²) in [4.78, 5) is 4.54. The Morgan fingerprint density at radius 3 is 2.81 bits per heavy atom. The molecule has 0 radical (unpaired) electrons. The van der Waals surface area contributed by atoms with Crippen molar-refractivity contribution in [1.29, 1.82) is 0 Å². The Bertz CT molecular complexity index is 689. The summed E-state index contributed by atoms with van der Waals surface area (Å²) in [6, 6.07) is 6.92. The molecule has 0 fully saturated rings. The van der Waals surface area contributed by atoms with Crippen molar-refractivity contribution in [3.8, 4) is 0 Å². The Kier molecular flexibility index (Phi) is 3.47. The number of aromatic amines is 1. The maximum Gasteiger partial charge on any atom is 0.175 e. The molecule has 0 spiro atoms. The molecule has 3 rings (SSSR count). The lowest BCUT2D eigenvalue weighted by Crippen LogP contribution is -2.49. The van der Waals surface area contributed by atoms with E-state index >= 15 is 0 Å². The molecule has 1 aromatic carbocycles. The predicted octanol–water partition coefficient (Wildman–Crippen LogP) is 2.66. The highest BCUT2D eigenvalue weighted by Crippen LogP contribution is 2.21. The molecule has 0 aliphatic carbocycles. The number of amidine groups is 1. The van der Waals surface area contributed by atoms with E-state index in [1.54, 1.807) is 12.1 Å². The zero-order chi connectivity index (χ0) is 15.0. The lowest BCUT2D eigenvalue weighted by molar-refractivity contribution is 0.169. The van der Waals surface area contributed by atoms with E-state index in [0.29, 0.717) is 18.2 Å². The Balaban J connectivity index is 2.05. The van der Waals surface area contributed by atoms with Gasteiger partial charge < -0.3 is 5.43 Å². The monoisotopic (exact) mass is 287 g/mol. The normalized spacial score (nSPS) is 17.1. The van der Waals surface area contributed by atoms with E-state index in [9.17, 15) is 4.39 Å². The number of fused-ring (bicyclic) bond motifs is 1. The van der Waals surface area contributed by atoms with Gasteiger partial charge in [0.05, 0.1) is 0 Å². The summed E-state index contributed by atoms with van der Waals surface area (Å²) in [5, 5.41) is 9.02. The van der Waals surface area contributed by atoms with Gasteiger partial charge in [-0.1, -0.05) is 0 Å². The minimum absolute atomic E-state index is 0.227. The average molecular weight is 287 g/mol. The largest absolute Gasteiger partial charge is 0.302 e. The van der Waals surface area contributed by atoms with Crippen LogP contribution in [0.1, 0.15) is 30.7 Å². The van der Waals surface area contributed by atoms with Crippen molar-refractivity contribution in [2.45, 2.75) is 33.4 Å². The summed E-state index contributed by atoms with van der Waals surface area (Å²) in [6.45, 7) is 6.72. The van der Waals surface area contributed by atoms with Gasteiger partial charge in [0.1, 0.15) is 5.82 Å². The smallest absolute Gasteiger partial charge is 0.175 e. The quantitative estimate of drug-likeness (QED) is 0.893. The summed E-state index contributed by atoms with van der Waals surface area (Å²) in [6.07, 6.45) is 0. The highest BCUT2D eigenvalue weighted by molar-refractivity contribution is 6.01. The van der Waals surface area contributed by atoms with Crippen LogP contribution in [0.25, 0.3) is 0 Å². The van der Waals surface area contributed by atoms with Crippen molar-refractivity contribution in [3.05, 3.63) is 46.9 Å². The van der Waals surface area contributed by atoms with E-state index in [0.717, 1.165) is 16.8 Å². The van der Waals surface area contributed by atoms with Gasteiger partial charge in [0.25, 0.3) is 0 Å². The van der Waals surface area contributed by atoms with Gasteiger partial charge >= 0.3 is 0 Å². The van der Waals surface area contributed by atoms with Gasteiger partial charge in [-0.25, -0.2) is 14.4 Å². The van der Waals surface area contributed by atoms with Crippen LogP contribution in [-0.4, -0.2) is 27.1 Å². The molecule has 1 aliphatic rings. The van der Waals surface area contributed by atoms with E-state index in [4.69, 9.17) is 0 Å². The number of aryl methyl sites for hydroxylation is 1. The number of benzene rings is 1. The molecular weight excluding hydrogens is 269 g/mol. The van der Waals surface area contributed by atoms with E-state index in [1.165, 1.54) is 6.07 Å². The molecular formula is C15H18FN5. The zero-order valence-corrected chi connectivity index (χ0v) is 12.3. The Morgan fingerprint density at radius 2 is 2.14 bits per heavy atom. The third-order valence-electron chi connectivity index (χ3n) is 3.45. The molecule has 2 aromatic rings. The summed E-state index contributed by atoms with van der Waals surface area (Å²) in [7, 11) is 0. The maximum absolute atomic E-state index is 13.5. The van der Waals surface area contributed by atoms with Gasteiger partial charge in [-0.05, 0) is 44.5 Å². The summed E-state index contributed by atoms with van der Waals surface area (Å²) < 4.78 is 13.5. The number of nitrogens with one attached hydrogen (secondary N) is 2. The van der Waals surface area contributed by atoms with E-state index < -0.39 is 0 Å². The van der Waals surface area contributed by atoms with Crippen LogP contribution in [0, 0.1) is 12.7 Å². The second kappa shape index (κ2) is 5.29. The number of rotatable bonds is 2. The second-order valence-electron chi connectivity index (χ2n) is 5.50. The van der Waals surface area contributed by atoms with Crippen molar-refractivity contribution in [2.24, 2.45) is 4.99 Å². The van der Waals surface area contributed by atoms with Gasteiger partial charge in [0.2, 0.25) is 0 Å². The molecule has 5 nitrogen and oxygen atoms in total. The maximum atomic E-state index is 13.5. The third-order valence-corrected chi connectivity index (χ3v) is 3.45. The third kappa shape index (κ3) is 2.80. The molecule has 0 unspecified atom stereocenters. The van der Waals surface area contributed by atoms with E-state index in [1.807, 2.05) is 18.0 Å². The first-order chi connectivity index (χ1) is 10.0. The van der Waals surface area contributed by atoms with Crippen molar-refractivity contribution >= 4 is 11.7 Å². The first kappa shape index (κ1) is 13.8. The number of hydrogen-bond donors (Lipinski definition) is 2. The SMILES string of the molecule is Cc1cc(N=C2NN(C(C)C)Cc3cc(F)ccc32)n[nH]1. The average Bonchev–Trinajstić information content (AvgIpc) is 2.83. The fraction of sp³-hybridized carbons (Fsp3) is 0.333. The van der Waals surface area contributed by atoms with E-state index in [2.05, 4.69) is 34.5 Å². The molecule has 6 heteroatoms. The molecule has 0 amide bonds. The number of aromatic nitrogens is 2. The summed E-state index contributed by atoms with van der Waals surface area (Å²) >= 11 is 0. The van der Waals surface area contributed by atoms with Crippen LogP contribution in [0.15, 0.2) is 29.3 Å². The van der Waals surface area contributed by atoms with Crippen LogP contribution >= 0.6 is 0 Å². The van der Waals surface area contributed by atoms with Gasteiger partial charge in [-0.2, -0.15) is 5.10 Å². The molecule has 21 heavy (non-hydrogen) atoms. The second-order valence-corrected chi connectivity index (χ2v) is 5.50. The van der Waals surface area contributed by atoms with Crippen molar-refractivity contribution in [1.82, 2.24) is 20.6 Å². The summed E-state index contributed by atoms with van der Waals surface area (Å²) in [5.41, 5.74) is 6.08. The van der Waals surface area contributed by atoms with Crippen LogP contribution in [-0.2, 0) is 6.54 Å². The zero-order valence-electron chi connectivity index (χ0n) is 12.3. The van der Waals surface area contributed by atoms with Gasteiger partial charge in [-0.3, -0.25) is 5.10 Å². The molecule has 0 saturated heterocycles. The Morgan fingerprint density at radius 1 is 1.33 bits per heavy atom. The first-order valence-electron chi connectivity index (χ1n) is 6.96. The Hall–Kier alpha value is -2.21. The van der Waals surface area contributed by atoms with Crippen LogP contribution in [0.3, 0.4) is 0 Å². The van der Waals surface area contributed by atoms with Crippen molar-refractivity contribution in [3.63, 3.8) is 0 Å². The topological polar surface area (TPSA) is 56.3 Å². The number of aliphatic imine (C=N–C) groups is 1. The molecule has 0 bridgehead atoms. The first-order valence-corrected chi connectivity index (χ1v) is 6.96. The standard InChI is InChI=1S/C15H18FN5/c1-9(2)21-8-11-7-12(16)4-5-13(11)15(20-21)17-14-6-10(3)18-19-14/h4-7,9H,8H2,1-3H3,(H2,17,18,19,20). The lowest BCUT2D eigenvalue weighted by atomic mass is 10.0. The number of hydrogen-bond acceptors (Lipinski definition) is 3. The predicted molar refractivity (Wildman–Crippen MR) is 79.7 cm³/mol. The van der Waals surface area contributed by atoms with Crippen LogP contribution in [0.2, 0.25) is 0 Å². The fourth-order valence-electron chi connectivity index (χ4n) is 2.32. The molecule has 1 aliphatic heterocycles. The number of hydrazine groups is 1. The molecule has 0 atom stereocenters.